The molecule has 148 valence electrons. The molecule has 6 N–H and O–H groups in total. The van der Waals surface area contributed by atoms with E-state index in [1.54, 1.807) is 17.5 Å². The second kappa shape index (κ2) is 9.29. The van der Waals surface area contributed by atoms with E-state index in [1.165, 1.54) is 10.9 Å². The maximum atomic E-state index is 8.90. The number of rotatable bonds is 9. The van der Waals surface area contributed by atoms with Gasteiger partial charge in [0.1, 0.15) is 23.3 Å². The number of hydrogen-bond donors (Lipinski definition) is 4. The summed E-state index contributed by atoms with van der Waals surface area (Å²) in [5, 5.41) is 12.9. The van der Waals surface area contributed by atoms with Crippen molar-refractivity contribution < 1.29 is 9.84 Å². The number of pyridine rings is 1. The molecule has 0 amide bonds. The van der Waals surface area contributed by atoms with E-state index in [1.807, 2.05) is 12.1 Å². The zero-order valence-electron chi connectivity index (χ0n) is 15.6. The average Bonchev–Trinajstić information content (AvgIpc) is 3.07. The topological polar surface area (TPSA) is 145 Å². The highest BCUT2D eigenvalue weighted by molar-refractivity contribution is 7.15. The highest BCUT2D eigenvalue weighted by Crippen LogP contribution is 2.30. The molecule has 0 saturated heterocycles. The maximum absolute atomic E-state index is 8.90. The van der Waals surface area contributed by atoms with Crippen LogP contribution in [0.15, 0.2) is 24.4 Å². The van der Waals surface area contributed by atoms with Crippen molar-refractivity contribution in [2.24, 2.45) is 0 Å². The zero-order chi connectivity index (χ0) is 19.9. The van der Waals surface area contributed by atoms with Crippen LogP contribution in [0.25, 0.3) is 10.6 Å². The molecular formula is C18H23N7O2S. The number of aliphatic hydroxyl groups is 1. The highest BCUT2D eigenvalue weighted by atomic mass is 32.1. The molecule has 3 heterocycles. The number of nitrogen functional groups attached to an aromatic ring is 2. The first-order chi connectivity index (χ1) is 13.6. The molecule has 0 aliphatic carbocycles. The minimum Gasteiger partial charge on any atom is -0.475 e. The third-order valence-electron chi connectivity index (χ3n) is 3.76. The lowest BCUT2D eigenvalue weighted by molar-refractivity contribution is 0.197. The molecule has 0 aliphatic rings. The van der Waals surface area contributed by atoms with Crippen LogP contribution in [0.1, 0.15) is 23.9 Å². The Morgan fingerprint density at radius 2 is 1.96 bits per heavy atom. The van der Waals surface area contributed by atoms with Gasteiger partial charge in [-0.15, -0.1) is 11.3 Å². The molecule has 0 aliphatic heterocycles. The van der Waals surface area contributed by atoms with Crippen molar-refractivity contribution in [3.63, 3.8) is 0 Å². The first-order valence-corrected chi connectivity index (χ1v) is 9.73. The van der Waals surface area contributed by atoms with Crippen LogP contribution in [0, 0.1) is 0 Å². The van der Waals surface area contributed by atoms with Crippen molar-refractivity contribution in [3.8, 4) is 16.5 Å². The molecule has 0 saturated carbocycles. The number of anilines is 3. The smallest absolute Gasteiger partial charge is 0.226 e. The van der Waals surface area contributed by atoms with Crippen LogP contribution in [-0.2, 0) is 13.0 Å². The van der Waals surface area contributed by atoms with Crippen molar-refractivity contribution in [2.45, 2.75) is 26.3 Å². The molecule has 0 aromatic carbocycles. The Labute approximate surface area is 166 Å². The number of nitrogens with two attached hydrogens (primary N) is 2. The fourth-order valence-electron chi connectivity index (χ4n) is 2.57. The van der Waals surface area contributed by atoms with E-state index in [4.69, 9.17) is 26.3 Å². The quantitative estimate of drug-likeness (QED) is 0.423. The average molecular weight is 401 g/mol. The molecule has 0 atom stereocenters. The summed E-state index contributed by atoms with van der Waals surface area (Å²) in [6, 6.07) is 5.22. The van der Waals surface area contributed by atoms with E-state index in [2.05, 4.69) is 27.2 Å². The highest BCUT2D eigenvalue weighted by Gasteiger charge is 2.14. The summed E-state index contributed by atoms with van der Waals surface area (Å²) in [4.78, 5) is 18.4. The normalized spacial score (nSPS) is 10.8. The van der Waals surface area contributed by atoms with Gasteiger partial charge in [-0.25, -0.2) is 9.97 Å². The Balaban J connectivity index is 1.81. The Kier molecular flexibility index (Phi) is 6.56. The van der Waals surface area contributed by atoms with Crippen molar-refractivity contribution in [1.82, 2.24) is 19.9 Å². The van der Waals surface area contributed by atoms with Gasteiger partial charge in [-0.05, 0) is 12.5 Å². The van der Waals surface area contributed by atoms with Crippen LogP contribution < -0.4 is 21.5 Å². The standard InChI is InChI=1S/C18H23N7O2S/c1-2-3-13-12(10-22-18-24-14(19)9-15(20)25-18)23-17(28-13)11-4-5-21-16(8-11)27-7-6-26/h4-5,8-9,26H,2-3,6-7,10H2,1H3,(H5,19,20,22,24,25). The maximum Gasteiger partial charge on any atom is 0.226 e. The lowest BCUT2D eigenvalue weighted by atomic mass is 10.2. The van der Waals surface area contributed by atoms with Gasteiger partial charge < -0.3 is 26.6 Å². The SMILES string of the molecule is CCCc1sc(-c2ccnc(OCCO)c2)nc1CNc1nc(N)cc(N)n1. The molecular weight excluding hydrogens is 378 g/mol. The molecule has 0 fully saturated rings. The number of aryl methyl sites for hydroxylation is 1. The van der Waals surface area contributed by atoms with Crippen LogP contribution >= 0.6 is 11.3 Å². The lowest BCUT2D eigenvalue weighted by Gasteiger charge is -2.06. The molecule has 9 nitrogen and oxygen atoms in total. The third-order valence-corrected chi connectivity index (χ3v) is 4.96. The largest absolute Gasteiger partial charge is 0.475 e. The fourth-order valence-corrected chi connectivity index (χ4v) is 3.74. The molecule has 3 aromatic heterocycles. The van der Waals surface area contributed by atoms with Crippen molar-refractivity contribution in [1.29, 1.82) is 0 Å². The van der Waals surface area contributed by atoms with Gasteiger partial charge in [0.15, 0.2) is 0 Å². The zero-order valence-corrected chi connectivity index (χ0v) is 16.4. The Hall–Kier alpha value is -2.98. The first kappa shape index (κ1) is 19.8. The summed E-state index contributed by atoms with van der Waals surface area (Å²) in [6.07, 6.45) is 3.61. The molecule has 3 rings (SSSR count). The predicted octanol–water partition coefficient (Wildman–Crippen LogP) is 2.10. The second-order valence-electron chi connectivity index (χ2n) is 5.99. The van der Waals surface area contributed by atoms with E-state index in [0.29, 0.717) is 30.0 Å². The van der Waals surface area contributed by atoms with E-state index in [9.17, 15) is 0 Å². The van der Waals surface area contributed by atoms with Crippen molar-refractivity contribution in [3.05, 3.63) is 35.0 Å². The molecule has 28 heavy (non-hydrogen) atoms. The summed E-state index contributed by atoms with van der Waals surface area (Å²) in [7, 11) is 0. The Morgan fingerprint density at radius 1 is 1.18 bits per heavy atom. The van der Waals surface area contributed by atoms with Crippen LogP contribution in [0.2, 0.25) is 0 Å². The Morgan fingerprint density at radius 3 is 2.68 bits per heavy atom. The number of nitrogens with one attached hydrogen (secondary N) is 1. The van der Waals surface area contributed by atoms with Gasteiger partial charge in [-0.3, -0.25) is 0 Å². The Bertz CT molecular complexity index is 912. The third kappa shape index (κ3) is 5.05. The lowest BCUT2D eigenvalue weighted by Crippen LogP contribution is -2.08. The number of thiazole rings is 1. The molecule has 0 unspecified atom stereocenters. The summed E-state index contributed by atoms with van der Waals surface area (Å²) >= 11 is 1.64. The summed E-state index contributed by atoms with van der Waals surface area (Å²) in [5.41, 5.74) is 13.3. The molecule has 0 spiro atoms. The van der Waals surface area contributed by atoms with Crippen LogP contribution in [0.3, 0.4) is 0 Å². The fraction of sp³-hybridized carbons (Fsp3) is 0.333. The molecule has 0 radical (unpaired) electrons. The number of nitrogens with zero attached hydrogens (tertiary/aromatic N) is 4. The van der Waals surface area contributed by atoms with Gasteiger partial charge in [-0.2, -0.15) is 9.97 Å². The summed E-state index contributed by atoms with van der Waals surface area (Å²) in [6.45, 7) is 2.74. The number of hydrogen-bond acceptors (Lipinski definition) is 10. The van der Waals surface area contributed by atoms with E-state index in [-0.39, 0.29) is 13.2 Å². The van der Waals surface area contributed by atoms with Gasteiger partial charge in [0, 0.05) is 28.8 Å². The van der Waals surface area contributed by atoms with E-state index in [0.717, 1.165) is 29.1 Å². The number of ether oxygens (including phenoxy) is 1. The number of aromatic nitrogens is 4. The summed E-state index contributed by atoms with van der Waals surface area (Å²) < 4.78 is 5.39. The minimum atomic E-state index is -0.0593. The second-order valence-corrected chi connectivity index (χ2v) is 7.07. The van der Waals surface area contributed by atoms with Crippen LogP contribution in [0.4, 0.5) is 17.6 Å². The van der Waals surface area contributed by atoms with Crippen molar-refractivity contribution >= 4 is 28.9 Å². The van der Waals surface area contributed by atoms with E-state index >= 15 is 0 Å². The number of aliphatic hydroxyl groups excluding tert-OH is 1. The van der Waals surface area contributed by atoms with Gasteiger partial charge in [0.05, 0.1) is 18.8 Å². The van der Waals surface area contributed by atoms with Gasteiger partial charge in [0.2, 0.25) is 11.8 Å². The minimum absolute atomic E-state index is 0.0593. The molecule has 0 bridgehead atoms. The summed E-state index contributed by atoms with van der Waals surface area (Å²) in [5.74, 6) is 1.46. The van der Waals surface area contributed by atoms with Gasteiger partial charge in [0.25, 0.3) is 0 Å². The van der Waals surface area contributed by atoms with Gasteiger partial charge in [-0.1, -0.05) is 13.3 Å². The monoisotopic (exact) mass is 401 g/mol. The first-order valence-electron chi connectivity index (χ1n) is 8.91. The predicted molar refractivity (Wildman–Crippen MR) is 110 cm³/mol. The van der Waals surface area contributed by atoms with Crippen molar-refractivity contribution in [2.75, 3.05) is 30.0 Å². The van der Waals surface area contributed by atoms with Crippen LogP contribution in [-0.4, -0.2) is 38.3 Å². The van der Waals surface area contributed by atoms with Crippen LogP contribution in [0.5, 0.6) is 5.88 Å². The van der Waals surface area contributed by atoms with Gasteiger partial charge >= 0.3 is 0 Å². The van der Waals surface area contributed by atoms with E-state index < -0.39 is 0 Å². The molecule has 10 heteroatoms. The molecule has 3 aromatic rings.